The summed E-state index contributed by atoms with van der Waals surface area (Å²) in [5, 5.41) is 17.0. The Balaban J connectivity index is 1.68. The molecule has 25 heavy (non-hydrogen) atoms. The van der Waals surface area contributed by atoms with Gasteiger partial charge in [-0.3, -0.25) is 19.7 Å². The Morgan fingerprint density at radius 2 is 2.12 bits per heavy atom. The molecule has 2 N–H and O–H groups in total. The van der Waals surface area contributed by atoms with Crippen LogP contribution in [0, 0.1) is 10.1 Å². The minimum absolute atomic E-state index is 0.151. The smallest absolute Gasteiger partial charge is 0.270 e. The number of nitro groups is 1. The van der Waals surface area contributed by atoms with Crippen LogP contribution < -0.4 is 10.7 Å². The number of nitrogens with zero attached hydrogens (tertiary/aromatic N) is 2. The maximum Gasteiger partial charge on any atom is 0.270 e. The number of carbonyl (C=O) groups is 2. The van der Waals surface area contributed by atoms with E-state index in [0.29, 0.717) is 12.2 Å². The van der Waals surface area contributed by atoms with E-state index in [4.69, 9.17) is 4.42 Å². The normalized spacial score (nSPS) is 10.6. The van der Waals surface area contributed by atoms with Gasteiger partial charge in [0.1, 0.15) is 5.76 Å². The van der Waals surface area contributed by atoms with Gasteiger partial charge in [-0.2, -0.15) is 5.10 Å². The highest BCUT2D eigenvalue weighted by Gasteiger charge is 2.11. The molecule has 1 aromatic heterocycles. The number of furan rings is 1. The predicted molar refractivity (Wildman–Crippen MR) is 89.1 cm³/mol. The summed E-state index contributed by atoms with van der Waals surface area (Å²) in [5.74, 6) is -0.211. The summed E-state index contributed by atoms with van der Waals surface area (Å²) in [4.78, 5) is 33.6. The van der Waals surface area contributed by atoms with Crippen LogP contribution in [-0.2, 0) is 4.79 Å². The fourth-order valence-corrected chi connectivity index (χ4v) is 1.90. The molecule has 0 radical (unpaired) electrons. The number of nitro benzene ring substituents is 1. The van der Waals surface area contributed by atoms with Crippen LogP contribution in [0.15, 0.2) is 52.2 Å². The summed E-state index contributed by atoms with van der Waals surface area (Å²) in [6.45, 7) is 0.261. The highest BCUT2D eigenvalue weighted by molar-refractivity contribution is 5.94. The SMILES string of the molecule is O=C(CCCNC(=O)c1cccc([N+](=O)[O-])c1)NN=Cc1ccco1. The number of carbonyl (C=O) groups excluding carboxylic acids is 2. The maximum absolute atomic E-state index is 11.9. The van der Waals surface area contributed by atoms with Crippen molar-refractivity contribution in [3.63, 3.8) is 0 Å². The number of amides is 2. The van der Waals surface area contributed by atoms with Gasteiger partial charge in [-0.25, -0.2) is 5.43 Å². The van der Waals surface area contributed by atoms with Crippen LogP contribution in [-0.4, -0.2) is 29.5 Å². The van der Waals surface area contributed by atoms with Gasteiger partial charge in [-0.1, -0.05) is 6.07 Å². The molecule has 0 unspecified atom stereocenters. The van der Waals surface area contributed by atoms with Crippen LogP contribution in [0.25, 0.3) is 0 Å². The molecule has 0 saturated heterocycles. The average molecular weight is 344 g/mol. The van der Waals surface area contributed by atoms with Gasteiger partial charge >= 0.3 is 0 Å². The molecule has 1 aromatic carbocycles. The molecule has 130 valence electrons. The molecule has 0 saturated carbocycles. The maximum atomic E-state index is 11.9. The molecule has 0 aliphatic carbocycles. The highest BCUT2D eigenvalue weighted by atomic mass is 16.6. The number of non-ortho nitro benzene ring substituents is 1. The van der Waals surface area contributed by atoms with Crippen LogP contribution in [0.5, 0.6) is 0 Å². The summed E-state index contributed by atoms with van der Waals surface area (Å²) in [6.07, 6.45) is 3.45. The van der Waals surface area contributed by atoms with Crippen molar-refractivity contribution in [2.24, 2.45) is 5.10 Å². The van der Waals surface area contributed by atoms with Gasteiger partial charge < -0.3 is 9.73 Å². The third-order valence-corrected chi connectivity index (χ3v) is 3.11. The second-order valence-corrected chi connectivity index (χ2v) is 4.98. The molecular formula is C16H16N4O5. The van der Waals surface area contributed by atoms with E-state index in [2.05, 4.69) is 15.8 Å². The number of hydrogen-bond acceptors (Lipinski definition) is 6. The predicted octanol–water partition coefficient (Wildman–Crippen LogP) is 1.85. The van der Waals surface area contributed by atoms with Crippen LogP contribution in [0.3, 0.4) is 0 Å². The molecule has 2 amide bonds. The largest absolute Gasteiger partial charge is 0.463 e. The molecule has 2 rings (SSSR count). The summed E-state index contributed by atoms with van der Waals surface area (Å²) in [6, 6.07) is 8.83. The molecule has 0 spiro atoms. The Morgan fingerprint density at radius 3 is 2.84 bits per heavy atom. The van der Waals surface area contributed by atoms with E-state index in [-0.39, 0.29) is 30.1 Å². The molecule has 9 nitrogen and oxygen atoms in total. The summed E-state index contributed by atoms with van der Waals surface area (Å²) >= 11 is 0. The Labute approximate surface area is 142 Å². The van der Waals surface area contributed by atoms with Gasteiger partial charge in [0.2, 0.25) is 5.91 Å². The summed E-state index contributed by atoms with van der Waals surface area (Å²) in [7, 11) is 0. The fourth-order valence-electron chi connectivity index (χ4n) is 1.90. The summed E-state index contributed by atoms with van der Waals surface area (Å²) < 4.78 is 5.02. The van der Waals surface area contributed by atoms with Crippen molar-refractivity contribution in [2.45, 2.75) is 12.8 Å². The van der Waals surface area contributed by atoms with Crippen molar-refractivity contribution < 1.29 is 18.9 Å². The van der Waals surface area contributed by atoms with Gasteiger partial charge in [0, 0.05) is 30.7 Å². The molecule has 0 atom stereocenters. The molecule has 0 aliphatic heterocycles. The van der Waals surface area contributed by atoms with E-state index in [9.17, 15) is 19.7 Å². The van der Waals surface area contributed by atoms with E-state index in [1.54, 1.807) is 12.1 Å². The Bertz CT molecular complexity index is 771. The lowest BCUT2D eigenvalue weighted by Gasteiger charge is -2.05. The van der Waals surface area contributed by atoms with Crippen molar-refractivity contribution >= 4 is 23.7 Å². The molecule has 2 aromatic rings. The first-order valence-corrected chi connectivity index (χ1v) is 7.44. The van der Waals surface area contributed by atoms with Crippen molar-refractivity contribution in [1.82, 2.24) is 10.7 Å². The van der Waals surface area contributed by atoms with E-state index in [1.165, 1.54) is 36.7 Å². The Hall–Kier alpha value is -3.49. The molecule has 0 aliphatic rings. The van der Waals surface area contributed by atoms with Crippen molar-refractivity contribution in [2.75, 3.05) is 6.54 Å². The quantitative estimate of drug-likeness (QED) is 0.327. The number of rotatable bonds is 8. The van der Waals surface area contributed by atoms with Gasteiger partial charge in [0.05, 0.1) is 17.4 Å². The zero-order valence-electron chi connectivity index (χ0n) is 13.2. The van der Waals surface area contributed by atoms with Gasteiger partial charge in [-0.15, -0.1) is 0 Å². The standard InChI is InChI=1S/C16H16N4O5/c21-15(19-18-11-14-6-3-9-25-14)7-2-8-17-16(22)12-4-1-5-13(10-12)20(23)24/h1,3-6,9-11H,2,7-8H2,(H,17,22)(H,19,21). The lowest BCUT2D eigenvalue weighted by atomic mass is 10.2. The molecule has 1 heterocycles. The molecule has 0 bridgehead atoms. The first-order chi connectivity index (χ1) is 12.1. The second kappa shape index (κ2) is 8.96. The van der Waals surface area contributed by atoms with E-state index >= 15 is 0 Å². The Kier molecular flexibility index (Phi) is 6.40. The van der Waals surface area contributed by atoms with Crippen LogP contribution in [0.1, 0.15) is 29.0 Å². The van der Waals surface area contributed by atoms with Crippen LogP contribution >= 0.6 is 0 Å². The zero-order chi connectivity index (χ0) is 18.1. The number of nitrogens with one attached hydrogen (secondary N) is 2. The zero-order valence-corrected chi connectivity index (χ0v) is 13.2. The van der Waals surface area contributed by atoms with E-state index < -0.39 is 10.8 Å². The average Bonchev–Trinajstić information content (AvgIpc) is 3.12. The minimum atomic E-state index is -0.565. The van der Waals surface area contributed by atoms with E-state index in [0.717, 1.165) is 0 Å². The number of hydrazone groups is 1. The van der Waals surface area contributed by atoms with Gasteiger partial charge in [0.15, 0.2) is 0 Å². The van der Waals surface area contributed by atoms with Crippen molar-refractivity contribution in [3.8, 4) is 0 Å². The van der Waals surface area contributed by atoms with Crippen LogP contribution in [0.4, 0.5) is 5.69 Å². The van der Waals surface area contributed by atoms with Crippen LogP contribution in [0.2, 0.25) is 0 Å². The number of hydrogen-bond donors (Lipinski definition) is 2. The second-order valence-electron chi connectivity index (χ2n) is 4.98. The molecule has 9 heteroatoms. The topological polar surface area (TPSA) is 127 Å². The number of benzene rings is 1. The van der Waals surface area contributed by atoms with Gasteiger partial charge in [-0.05, 0) is 24.6 Å². The van der Waals surface area contributed by atoms with Crippen molar-refractivity contribution in [3.05, 3.63) is 64.1 Å². The first-order valence-electron chi connectivity index (χ1n) is 7.44. The lowest BCUT2D eigenvalue weighted by molar-refractivity contribution is -0.384. The van der Waals surface area contributed by atoms with E-state index in [1.807, 2.05) is 0 Å². The third kappa shape index (κ3) is 5.90. The highest BCUT2D eigenvalue weighted by Crippen LogP contribution is 2.12. The lowest BCUT2D eigenvalue weighted by Crippen LogP contribution is -2.26. The monoisotopic (exact) mass is 344 g/mol. The molecule has 0 fully saturated rings. The Morgan fingerprint density at radius 1 is 1.28 bits per heavy atom. The minimum Gasteiger partial charge on any atom is -0.463 e. The van der Waals surface area contributed by atoms with Crippen molar-refractivity contribution in [1.29, 1.82) is 0 Å². The fraction of sp³-hybridized carbons (Fsp3) is 0.188. The first kappa shape index (κ1) is 17.9. The molecular weight excluding hydrogens is 328 g/mol. The third-order valence-electron chi connectivity index (χ3n) is 3.11. The van der Waals surface area contributed by atoms with Gasteiger partial charge in [0.25, 0.3) is 11.6 Å². The summed E-state index contributed by atoms with van der Waals surface area (Å²) in [5.41, 5.74) is 2.39.